The van der Waals surface area contributed by atoms with E-state index in [0.29, 0.717) is 22.0 Å². The van der Waals surface area contributed by atoms with Gasteiger partial charge in [0.05, 0.1) is 24.3 Å². The van der Waals surface area contributed by atoms with Crippen molar-refractivity contribution in [1.29, 1.82) is 5.26 Å². The van der Waals surface area contributed by atoms with Crippen LogP contribution in [0.15, 0.2) is 24.4 Å². The van der Waals surface area contributed by atoms with Crippen molar-refractivity contribution in [3.63, 3.8) is 0 Å². The number of nitrogens with zero attached hydrogens (tertiary/aromatic N) is 2. The maximum absolute atomic E-state index is 12.4. The SMILES string of the molecule is COc1ccc(C#N)cc1C(=O)Nc1ncc(C(C)(C)C)s1. The van der Waals surface area contributed by atoms with Crippen molar-refractivity contribution in [3.8, 4) is 11.8 Å². The lowest BCUT2D eigenvalue weighted by Crippen LogP contribution is -2.13. The van der Waals surface area contributed by atoms with E-state index in [1.807, 2.05) is 6.07 Å². The van der Waals surface area contributed by atoms with E-state index >= 15 is 0 Å². The van der Waals surface area contributed by atoms with Crippen molar-refractivity contribution in [2.24, 2.45) is 0 Å². The molecule has 6 heteroatoms. The Morgan fingerprint density at radius 2 is 2.14 bits per heavy atom. The molecule has 2 aromatic rings. The largest absolute Gasteiger partial charge is 0.496 e. The second-order valence-electron chi connectivity index (χ2n) is 5.76. The van der Waals surface area contributed by atoms with Gasteiger partial charge in [0.15, 0.2) is 5.13 Å². The number of methoxy groups -OCH3 is 1. The molecule has 0 fully saturated rings. The number of anilines is 1. The van der Waals surface area contributed by atoms with E-state index in [9.17, 15) is 4.79 Å². The highest BCUT2D eigenvalue weighted by molar-refractivity contribution is 7.15. The van der Waals surface area contributed by atoms with E-state index in [0.717, 1.165) is 4.88 Å². The number of rotatable bonds is 3. The summed E-state index contributed by atoms with van der Waals surface area (Å²) in [5.74, 6) is 0.0767. The molecule has 0 aliphatic heterocycles. The average molecular weight is 315 g/mol. The number of amides is 1. The van der Waals surface area contributed by atoms with Crippen LogP contribution in [0.4, 0.5) is 5.13 Å². The number of carbonyl (C=O) groups is 1. The van der Waals surface area contributed by atoms with Gasteiger partial charge in [-0.25, -0.2) is 4.98 Å². The number of carbonyl (C=O) groups excluding carboxylic acids is 1. The highest BCUT2D eigenvalue weighted by Crippen LogP contribution is 2.30. The quantitative estimate of drug-likeness (QED) is 0.939. The average Bonchev–Trinajstić information content (AvgIpc) is 2.95. The summed E-state index contributed by atoms with van der Waals surface area (Å²) in [7, 11) is 1.49. The number of nitrogens with one attached hydrogen (secondary N) is 1. The van der Waals surface area contributed by atoms with Crippen molar-refractivity contribution in [2.75, 3.05) is 12.4 Å². The lowest BCUT2D eigenvalue weighted by Gasteiger charge is -2.14. The fourth-order valence-corrected chi connectivity index (χ4v) is 2.67. The Bertz CT molecular complexity index is 739. The summed E-state index contributed by atoms with van der Waals surface area (Å²) >= 11 is 1.44. The molecule has 114 valence electrons. The lowest BCUT2D eigenvalue weighted by molar-refractivity contribution is 0.102. The van der Waals surface area contributed by atoms with Crippen molar-refractivity contribution in [3.05, 3.63) is 40.4 Å². The van der Waals surface area contributed by atoms with Crippen molar-refractivity contribution in [2.45, 2.75) is 26.2 Å². The van der Waals surface area contributed by atoms with Gasteiger partial charge in [0, 0.05) is 11.1 Å². The van der Waals surface area contributed by atoms with Crippen LogP contribution in [0.1, 0.15) is 41.6 Å². The van der Waals surface area contributed by atoms with Gasteiger partial charge in [-0.1, -0.05) is 20.8 Å². The molecule has 0 spiro atoms. The molecule has 0 saturated heterocycles. The summed E-state index contributed by atoms with van der Waals surface area (Å²) in [5, 5.41) is 12.2. The third-order valence-electron chi connectivity index (χ3n) is 3.04. The number of benzene rings is 1. The first kappa shape index (κ1) is 16.0. The van der Waals surface area contributed by atoms with Crippen LogP contribution in [0.25, 0.3) is 0 Å². The van der Waals surface area contributed by atoms with E-state index in [-0.39, 0.29) is 11.3 Å². The fourth-order valence-electron chi connectivity index (χ4n) is 1.80. The van der Waals surface area contributed by atoms with Crippen LogP contribution in [0.2, 0.25) is 0 Å². The Morgan fingerprint density at radius 3 is 2.68 bits per heavy atom. The molecule has 1 aromatic heterocycles. The van der Waals surface area contributed by atoms with Gasteiger partial charge in [-0.05, 0) is 23.6 Å². The second kappa shape index (κ2) is 6.16. The van der Waals surface area contributed by atoms with Gasteiger partial charge in [0.25, 0.3) is 5.91 Å². The Hall–Kier alpha value is -2.39. The highest BCUT2D eigenvalue weighted by Gasteiger charge is 2.19. The summed E-state index contributed by atoms with van der Waals surface area (Å²) in [6.07, 6.45) is 1.77. The van der Waals surface area contributed by atoms with Gasteiger partial charge < -0.3 is 4.74 Å². The fraction of sp³-hybridized carbons (Fsp3) is 0.312. The van der Waals surface area contributed by atoms with Gasteiger partial charge in [0.1, 0.15) is 5.75 Å². The number of thiazole rings is 1. The summed E-state index contributed by atoms with van der Waals surface area (Å²) in [6, 6.07) is 6.73. The number of ether oxygens (including phenoxy) is 1. The zero-order valence-electron chi connectivity index (χ0n) is 12.9. The molecule has 1 N–H and O–H groups in total. The predicted octanol–water partition coefficient (Wildman–Crippen LogP) is 3.57. The van der Waals surface area contributed by atoms with Crippen LogP contribution < -0.4 is 10.1 Å². The third kappa shape index (κ3) is 3.43. The van der Waals surface area contributed by atoms with Crippen molar-refractivity contribution >= 4 is 22.4 Å². The summed E-state index contributed by atoms with van der Waals surface area (Å²) in [5.41, 5.74) is 0.702. The van der Waals surface area contributed by atoms with Gasteiger partial charge in [-0.2, -0.15) is 5.26 Å². The minimum Gasteiger partial charge on any atom is -0.496 e. The van der Waals surface area contributed by atoms with Crippen LogP contribution in [0.5, 0.6) is 5.75 Å². The normalized spacial score (nSPS) is 10.9. The monoisotopic (exact) mass is 315 g/mol. The maximum atomic E-state index is 12.4. The molecule has 2 rings (SSSR count). The minimum absolute atomic E-state index is 0.0148. The summed E-state index contributed by atoms with van der Waals surface area (Å²) in [4.78, 5) is 17.7. The molecule has 0 aliphatic rings. The van der Waals surface area contributed by atoms with E-state index in [4.69, 9.17) is 10.00 Å². The van der Waals surface area contributed by atoms with Gasteiger partial charge in [-0.15, -0.1) is 11.3 Å². The van der Waals surface area contributed by atoms with E-state index < -0.39 is 0 Å². The highest BCUT2D eigenvalue weighted by atomic mass is 32.1. The van der Waals surface area contributed by atoms with E-state index in [2.05, 4.69) is 31.1 Å². The van der Waals surface area contributed by atoms with Crippen LogP contribution in [-0.4, -0.2) is 18.0 Å². The lowest BCUT2D eigenvalue weighted by atomic mass is 9.96. The maximum Gasteiger partial charge on any atom is 0.261 e. The molecule has 0 bridgehead atoms. The molecule has 0 aliphatic carbocycles. The first-order valence-electron chi connectivity index (χ1n) is 6.71. The molecule has 0 saturated carbocycles. The van der Waals surface area contributed by atoms with Gasteiger partial charge >= 0.3 is 0 Å². The zero-order valence-corrected chi connectivity index (χ0v) is 13.7. The van der Waals surface area contributed by atoms with E-state index in [1.165, 1.54) is 24.5 Å². The van der Waals surface area contributed by atoms with Gasteiger partial charge in [-0.3, -0.25) is 10.1 Å². The number of nitriles is 1. The van der Waals surface area contributed by atoms with Crippen LogP contribution >= 0.6 is 11.3 Å². The Kier molecular flexibility index (Phi) is 4.48. The zero-order chi connectivity index (χ0) is 16.3. The molecule has 0 unspecified atom stereocenters. The van der Waals surface area contributed by atoms with Crippen molar-refractivity contribution in [1.82, 2.24) is 4.98 Å². The molecule has 1 aromatic carbocycles. The van der Waals surface area contributed by atoms with E-state index in [1.54, 1.807) is 18.3 Å². The number of hydrogen-bond acceptors (Lipinski definition) is 5. The smallest absolute Gasteiger partial charge is 0.261 e. The number of aromatic nitrogens is 1. The molecular formula is C16H17N3O2S. The Balaban J connectivity index is 2.26. The molecule has 5 nitrogen and oxygen atoms in total. The first-order chi connectivity index (χ1) is 10.3. The second-order valence-corrected chi connectivity index (χ2v) is 6.79. The minimum atomic E-state index is -0.344. The van der Waals surface area contributed by atoms with Crippen LogP contribution in [0, 0.1) is 11.3 Å². The first-order valence-corrected chi connectivity index (χ1v) is 7.52. The van der Waals surface area contributed by atoms with Crippen LogP contribution in [0.3, 0.4) is 0 Å². The summed E-state index contributed by atoms with van der Waals surface area (Å²) in [6.45, 7) is 6.27. The molecule has 22 heavy (non-hydrogen) atoms. The standard InChI is InChI=1S/C16H17N3O2S/c1-16(2,3)13-9-18-15(22-13)19-14(20)11-7-10(8-17)5-6-12(11)21-4/h5-7,9H,1-4H3,(H,18,19,20). The Labute approximate surface area is 133 Å². The predicted molar refractivity (Wildman–Crippen MR) is 86.5 cm³/mol. The molecule has 0 atom stereocenters. The molecular weight excluding hydrogens is 298 g/mol. The van der Waals surface area contributed by atoms with Crippen LogP contribution in [-0.2, 0) is 5.41 Å². The summed E-state index contributed by atoms with van der Waals surface area (Å²) < 4.78 is 5.18. The van der Waals surface area contributed by atoms with Crippen molar-refractivity contribution < 1.29 is 9.53 Å². The molecule has 0 radical (unpaired) electrons. The topological polar surface area (TPSA) is 75.0 Å². The molecule has 1 heterocycles. The number of hydrogen-bond donors (Lipinski definition) is 1. The van der Waals surface area contributed by atoms with Gasteiger partial charge in [0.2, 0.25) is 0 Å². The third-order valence-corrected chi connectivity index (χ3v) is 4.38. The Morgan fingerprint density at radius 1 is 1.41 bits per heavy atom. The molecule has 1 amide bonds.